The first-order valence-electron chi connectivity index (χ1n) is 10.2. The molecule has 0 saturated carbocycles. The lowest BCUT2D eigenvalue weighted by molar-refractivity contribution is -0.596. The Morgan fingerprint density at radius 3 is 2.44 bits per heavy atom. The summed E-state index contributed by atoms with van der Waals surface area (Å²) in [7, 11) is 1.59. The van der Waals surface area contributed by atoms with Crippen LogP contribution in [0.4, 0.5) is 0 Å². The van der Waals surface area contributed by atoms with E-state index in [1.54, 1.807) is 42.3 Å². The number of carbonyl (C=O) groups excluding carboxylic acids is 2. The minimum Gasteiger partial charge on any atom is -0.496 e. The summed E-state index contributed by atoms with van der Waals surface area (Å²) >= 11 is 6.08. The zero-order chi connectivity index (χ0) is 22.7. The molecule has 0 aromatic heterocycles. The predicted octanol–water partition coefficient (Wildman–Crippen LogP) is 3.67. The van der Waals surface area contributed by atoms with Crippen molar-refractivity contribution in [3.8, 4) is 5.75 Å². The molecule has 1 saturated heterocycles. The maximum absolute atomic E-state index is 13.0. The van der Waals surface area contributed by atoms with Crippen molar-refractivity contribution in [1.82, 2.24) is 10.7 Å². The van der Waals surface area contributed by atoms with Crippen molar-refractivity contribution in [3.05, 3.63) is 100 Å². The van der Waals surface area contributed by atoms with Crippen molar-refractivity contribution in [2.24, 2.45) is 0 Å². The fraction of sp³-hybridized carbons (Fsp3) is 0.160. The van der Waals surface area contributed by atoms with Gasteiger partial charge in [0, 0.05) is 16.1 Å². The molecule has 3 aromatic rings. The van der Waals surface area contributed by atoms with E-state index in [-0.39, 0.29) is 11.8 Å². The maximum Gasteiger partial charge on any atom is 0.304 e. The Labute approximate surface area is 191 Å². The number of carbonyl (C=O) groups is 2. The number of para-hydroxylation sites is 1. The molecular weight excluding hydrogens is 426 g/mol. The molecule has 2 atom stereocenters. The first kappa shape index (κ1) is 21.6. The number of benzene rings is 3. The lowest BCUT2D eigenvalue weighted by atomic mass is 9.99. The van der Waals surface area contributed by atoms with Crippen LogP contribution in [0.15, 0.2) is 72.8 Å². The van der Waals surface area contributed by atoms with Crippen LogP contribution in [0.25, 0.3) is 0 Å². The van der Waals surface area contributed by atoms with Crippen LogP contribution in [-0.4, -0.2) is 35.9 Å². The molecule has 0 spiro atoms. The summed E-state index contributed by atoms with van der Waals surface area (Å²) in [5.74, 6) is 0.0450. The summed E-state index contributed by atoms with van der Waals surface area (Å²) in [6, 6.07) is 20.6. The number of methoxy groups -OCH3 is 1. The Balaban J connectivity index is 1.72. The highest BCUT2D eigenvalue weighted by Gasteiger charge is 2.47. The molecule has 7 heteroatoms. The number of hydrogen-bond acceptors (Lipinski definition) is 3. The summed E-state index contributed by atoms with van der Waals surface area (Å²) in [6.45, 7) is 1.95. The van der Waals surface area contributed by atoms with E-state index in [9.17, 15) is 9.59 Å². The average Bonchev–Trinajstić information content (AvgIpc) is 3.09. The molecule has 0 radical (unpaired) electrons. The molecule has 1 heterocycles. The molecule has 0 bridgehead atoms. The van der Waals surface area contributed by atoms with E-state index in [1.165, 1.54) is 0 Å². The molecule has 6 nitrogen and oxygen atoms in total. The van der Waals surface area contributed by atoms with Crippen LogP contribution in [0.2, 0.25) is 5.02 Å². The van der Waals surface area contributed by atoms with Crippen molar-refractivity contribution < 1.29 is 19.0 Å². The summed E-state index contributed by atoms with van der Waals surface area (Å²) < 4.78 is 7.14. The molecule has 1 aliphatic heterocycles. The molecule has 0 aliphatic carbocycles. The van der Waals surface area contributed by atoms with E-state index in [4.69, 9.17) is 16.3 Å². The van der Waals surface area contributed by atoms with Gasteiger partial charge in [-0.05, 0) is 43.3 Å². The Hall–Kier alpha value is -3.64. The number of nitrogens with one attached hydrogen (secondary N) is 2. The van der Waals surface area contributed by atoms with Gasteiger partial charge in [-0.1, -0.05) is 53.6 Å². The third-order valence-corrected chi connectivity index (χ3v) is 5.62. The van der Waals surface area contributed by atoms with Crippen molar-refractivity contribution >= 4 is 29.6 Å². The predicted molar refractivity (Wildman–Crippen MR) is 123 cm³/mol. The number of nitrogens with zero attached hydrogens (tertiary/aromatic N) is 1. The minimum atomic E-state index is -0.809. The number of rotatable bonds is 5. The van der Waals surface area contributed by atoms with Gasteiger partial charge >= 0.3 is 5.91 Å². The third-order valence-electron chi connectivity index (χ3n) is 5.37. The van der Waals surface area contributed by atoms with Gasteiger partial charge in [0.2, 0.25) is 12.3 Å². The van der Waals surface area contributed by atoms with E-state index >= 15 is 0 Å². The molecule has 32 heavy (non-hydrogen) atoms. The molecule has 3 aromatic carbocycles. The van der Waals surface area contributed by atoms with E-state index in [2.05, 4.69) is 10.7 Å². The number of amides is 2. The molecule has 162 valence electrons. The zero-order valence-electron chi connectivity index (χ0n) is 17.7. The van der Waals surface area contributed by atoms with Crippen LogP contribution in [0.5, 0.6) is 5.75 Å². The highest BCUT2D eigenvalue weighted by Crippen LogP contribution is 2.27. The summed E-state index contributed by atoms with van der Waals surface area (Å²) in [5.41, 5.74) is 6.03. The maximum atomic E-state index is 13.0. The van der Waals surface area contributed by atoms with E-state index in [0.29, 0.717) is 16.3 Å². The highest BCUT2D eigenvalue weighted by molar-refractivity contribution is 6.30. The number of hydrazone groups is 1. The monoisotopic (exact) mass is 448 g/mol. The van der Waals surface area contributed by atoms with Crippen LogP contribution in [0.3, 0.4) is 0 Å². The first-order chi connectivity index (χ1) is 15.5. The Kier molecular flexibility index (Phi) is 6.23. The summed E-state index contributed by atoms with van der Waals surface area (Å²) in [4.78, 5) is 25.8. The topological polar surface area (TPSA) is 70.4 Å². The van der Waals surface area contributed by atoms with Crippen molar-refractivity contribution in [2.75, 3.05) is 7.11 Å². The Morgan fingerprint density at radius 2 is 1.75 bits per heavy atom. The van der Waals surface area contributed by atoms with Gasteiger partial charge in [-0.3, -0.25) is 9.59 Å². The van der Waals surface area contributed by atoms with Gasteiger partial charge < -0.3 is 10.1 Å². The molecule has 0 unspecified atom stereocenters. The van der Waals surface area contributed by atoms with Crippen molar-refractivity contribution in [1.29, 1.82) is 0 Å². The second-order valence-corrected chi connectivity index (χ2v) is 8.00. The number of halogens is 1. The van der Waals surface area contributed by atoms with Crippen LogP contribution >= 0.6 is 11.6 Å². The van der Waals surface area contributed by atoms with Crippen molar-refractivity contribution in [3.63, 3.8) is 0 Å². The fourth-order valence-electron chi connectivity index (χ4n) is 3.69. The lowest BCUT2D eigenvalue weighted by Gasteiger charge is -2.15. The third kappa shape index (κ3) is 4.50. The Morgan fingerprint density at radius 1 is 1.06 bits per heavy atom. The fourth-order valence-corrected chi connectivity index (χ4v) is 3.82. The molecule has 2 N–H and O–H groups in total. The van der Waals surface area contributed by atoms with Crippen LogP contribution in [-0.2, 0) is 4.79 Å². The quantitative estimate of drug-likeness (QED) is 0.585. The van der Waals surface area contributed by atoms with Gasteiger partial charge in [-0.2, -0.15) is 0 Å². The van der Waals surface area contributed by atoms with E-state index in [0.717, 1.165) is 16.7 Å². The van der Waals surface area contributed by atoms with Gasteiger partial charge in [-0.25, -0.2) is 0 Å². The number of hydrazine groups is 1. The normalized spacial score (nSPS) is 19.0. The van der Waals surface area contributed by atoms with E-state index in [1.807, 2.05) is 55.5 Å². The van der Waals surface area contributed by atoms with E-state index < -0.39 is 12.1 Å². The zero-order valence-corrected chi connectivity index (χ0v) is 18.5. The van der Waals surface area contributed by atoms with Gasteiger partial charge in [0.05, 0.1) is 12.7 Å². The van der Waals surface area contributed by atoms with Gasteiger partial charge in [0.25, 0.3) is 5.91 Å². The van der Waals surface area contributed by atoms with Gasteiger partial charge in [0.1, 0.15) is 5.75 Å². The standard InChI is InChI=1S/C25H22ClN3O3/c1-16-7-9-18(10-8-16)24(30)27-22-23(17-11-13-20(26)14-12-17)29(28-25(22)31)15-19-5-3-4-6-21(19)32-2/h3-15,22-23H,1-2H3,(H-,27,28,30,31)/p+1/b29-15-/t22-,23-/m0/s1. The lowest BCUT2D eigenvalue weighted by Crippen LogP contribution is -2.42. The Bertz CT molecular complexity index is 1170. The molecule has 1 fully saturated rings. The number of ether oxygens (including phenoxy) is 1. The van der Waals surface area contributed by atoms with Crippen LogP contribution in [0.1, 0.15) is 33.1 Å². The smallest absolute Gasteiger partial charge is 0.304 e. The van der Waals surface area contributed by atoms with Gasteiger partial charge in [-0.15, -0.1) is 10.1 Å². The summed E-state index contributed by atoms with van der Waals surface area (Å²) in [6.07, 6.45) is 1.80. The average molecular weight is 449 g/mol. The number of aryl methyl sites for hydroxylation is 1. The van der Waals surface area contributed by atoms with Crippen LogP contribution in [0, 0.1) is 6.92 Å². The second-order valence-electron chi connectivity index (χ2n) is 7.57. The largest absolute Gasteiger partial charge is 0.496 e. The SMILES string of the molecule is COc1ccccc1/C=[N+]1\NC(=O)[C@@H](NC(=O)c2ccc(C)cc2)[C@@H]1c1ccc(Cl)cc1. The molecular formula is C25H23ClN3O3+. The van der Waals surface area contributed by atoms with Crippen LogP contribution < -0.4 is 15.5 Å². The van der Waals surface area contributed by atoms with Crippen molar-refractivity contribution in [2.45, 2.75) is 19.0 Å². The minimum absolute atomic E-state index is 0.309. The van der Waals surface area contributed by atoms with Gasteiger partial charge in [0.15, 0.2) is 6.04 Å². The molecule has 2 amide bonds. The highest BCUT2D eigenvalue weighted by atomic mass is 35.5. The number of hydrogen-bond donors (Lipinski definition) is 2. The molecule has 4 rings (SSSR count). The first-order valence-corrected chi connectivity index (χ1v) is 10.5. The summed E-state index contributed by atoms with van der Waals surface area (Å²) in [5, 5.41) is 3.48. The molecule has 1 aliphatic rings. The second kappa shape index (κ2) is 9.24.